The van der Waals surface area contributed by atoms with Crippen molar-refractivity contribution in [3.63, 3.8) is 0 Å². The second-order valence-corrected chi connectivity index (χ2v) is 39.6. The van der Waals surface area contributed by atoms with Gasteiger partial charge in [-0.25, -0.2) is 147 Å². The molecule has 0 N–H and O–H groups in total. The van der Waals surface area contributed by atoms with E-state index in [0.29, 0.717) is 0 Å². The first-order valence-electron chi connectivity index (χ1n) is 28.6. The minimum absolute atomic E-state index is 0. The summed E-state index contributed by atoms with van der Waals surface area (Å²) in [6, 6.07) is 0. The molecule has 0 aliphatic carbocycles. The van der Waals surface area contributed by atoms with Crippen LogP contribution in [-0.2, 0) is 291 Å². The van der Waals surface area contributed by atoms with Crippen molar-refractivity contribution in [2.24, 2.45) is 0 Å². The molecule has 77 nitrogen and oxygen atoms in total. The number of ether oxygens (including phenoxy) is 9. The zero-order chi connectivity index (χ0) is 95.9. The van der Waals surface area contributed by atoms with Crippen LogP contribution in [0.2, 0.25) is 0 Å². The van der Waals surface area contributed by atoms with Crippen molar-refractivity contribution >= 4 is 177 Å². The largest absolute Gasteiger partial charge is 1.00 e. The summed E-state index contributed by atoms with van der Waals surface area (Å²) in [4.78, 5) is 0. The Labute approximate surface area is 1180 Å². The van der Waals surface area contributed by atoms with E-state index in [0.717, 1.165) is 0 Å². The van der Waals surface area contributed by atoms with E-state index in [4.69, 9.17) is 42.6 Å². The molecule has 0 aromatic rings. The Bertz CT molecular complexity index is 5930. The van der Waals surface area contributed by atoms with Gasteiger partial charge < -0.3 is 120 Å². The predicted molar refractivity (Wildman–Crippen MR) is 312 cm³/mol. The molecule has 2 unspecified atom stereocenters. The van der Waals surface area contributed by atoms with Crippen molar-refractivity contribution in [3.05, 3.63) is 0 Å². The van der Waals surface area contributed by atoms with Crippen LogP contribution in [0.5, 0.6) is 0 Å². The van der Waals surface area contributed by atoms with E-state index in [1.54, 1.807) is 0 Å². The summed E-state index contributed by atoms with van der Waals surface area (Å²) in [5.74, 6) is 0. The van der Waals surface area contributed by atoms with Crippen molar-refractivity contribution in [2.45, 2.75) is 154 Å². The average molecular weight is 2560 g/mol. The Balaban J connectivity index is -0.000000876. The van der Waals surface area contributed by atoms with E-state index in [1.165, 1.54) is 0 Å². The Morgan fingerprint density at radius 1 is 0.135 bits per heavy atom. The van der Waals surface area contributed by atoms with Crippen molar-refractivity contribution in [2.75, 3.05) is 33.0 Å². The predicted octanol–water partition coefficient (Wildman–Crippen LogP) is -71.6. The van der Waals surface area contributed by atoms with E-state index in [2.05, 4.69) is 71.1 Å². The molecule has 5 rings (SSSR count). The minimum atomic E-state index is -7.54. The van der Waals surface area contributed by atoms with Crippen LogP contribution in [0.1, 0.15) is 0 Å². The van der Waals surface area contributed by atoms with Crippen molar-refractivity contribution in [1.29, 1.82) is 0 Å². The second kappa shape index (κ2) is 73.5. The Hall–Kier alpha value is 14.4. The third kappa shape index (κ3) is 73.8. The van der Waals surface area contributed by atoms with Gasteiger partial charge in [-0.15, -0.1) is 0 Å². The van der Waals surface area contributed by atoms with Crippen LogP contribution in [0.15, 0.2) is 0 Å². The van der Waals surface area contributed by atoms with Gasteiger partial charge in [0, 0.05) is 0 Å². The van der Waals surface area contributed by atoms with Gasteiger partial charge in [-0.1, -0.05) is 0 Å². The summed E-state index contributed by atoms with van der Waals surface area (Å²) in [6.07, 6.45) is -105. The fourth-order valence-electron chi connectivity index (χ4n) is 10.4. The molecule has 0 aromatic heterocycles. The van der Waals surface area contributed by atoms with Crippen LogP contribution in [0.25, 0.3) is 0 Å². The quantitative estimate of drug-likeness (QED) is 0.0310. The third-order valence-electron chi connectivity index (χ3n) is 13.7. The molecule has 736 valence electrons. The normalized spacial score (nSPS) is 28.8. The molecule has 0 amide bonds. The standard InChI is InChI=1S/C30H52O77S17.17Na/c31-108(32,33)82-1-6-11(96-113(46,47)48)16(92-27-23(104-121(70,71)72)17(12(97-114(49,50)51)7(88-27)2-83-109(34,35)36)94-29-25(106-123(76,77)78)20(102-119(64,65)66)15(100-117(58,59)60)9(90-29)4-85-111(40,41)42)22(103-120(67,68)69)26(87-6)93-18-13(98-115(52,53)54)8(3-84-110(37,38)39)89-28(24(18)105-122(73,74)75)95-21-19(101-118(61,62)63)14(99-116(55,56)57)10(5-86-112(43,44)45)91-30(21)107-124(79,80)81;;;;;;;;;;;;;;;;;/h6-30H,1-5H2,(H,31,32,33)(H,34,35,36)(H,37,38,39)(H,40,41,42)(H,43,44,45)(H,46,47,48)(H,49,50,51)(H,52,53,54)(H,55,56,57)(H,58,59,60)(H,61,62,63)(H,64,65,66)(H,67,68,69)(H,70,71,72)(H,73,74,75)(H,76,77,78)(H,79,80,81);;;;;;;;;;;;;;;;;/q;17*+1/p-17/t6-,7-,8-,9-,10-,11-,12-,13-,14-,15-,16+,17+,18+,19+,20+,21+,22+,23+,24+,25+,26-,27-,28-,29?,30?;;;;;;;;;;;;;;;;;/m1................./s1. The molecule has 5 fully saturated rings. The van der Waals surface area contributed by atoms with Gasteiger partial charge in [-0.2, -0.15) is 0 Å². The first kappa shape index (κ1) is 183. The monoisotopic (exact) mass is 2560 g/mol. The Morgan fingerprint density at radius 3 is 0.397 bits per heavy atom. The Morgan fingerprint density at radius 2 is 0.248 bits per heavy atom. The third-order valence-corrected chi connectivity index (χ3v) is 21.3. The van der Waals surface area contributed by atoms with E-state index in [-0.39, 0.29) is 502 Å². The summed E-state index contributed by atoms with van der Waals surface area (Å²) in [7, 11) is -119. The van der Waals surface area contributed by atoms with Crippen LogP contribution >= 0.6 is 0 Å². The van der Waals surface area contributed by atoms with Crippen LogP contribution in [0.4, 0.5) is 0 Å². The molecule has 111 heteroatoms. The molecular weight excluding hydrogens is 2530 g/mol. The van der Waals surface area contributed by atoms with Crippen molar-refractivity contribution < 1.29 is 837 Å². The summed E-state index contributed by atoms with van der Waals surface area (Å²) < 4.78 is 742. The van der Waals surface area contributed by atoms with Crippen molar-refractivity contribution in [1.82, 2.24) is 0 Å². The molecule has 5 aliphatic heterocycles. The first-order valence-corrected chi connectivity index (χ1v) is 51.2. The van der Waals surface area contributed by atoms with Crippen LogP contribution in [0, 0.1) is 0 Å². The van der Waals surface area contributed by atoms with E-state index >= 15 is 0 Å². The summed E-state index contributed by atoms with van der Waals surface area (Å²) in [6.45, 7) is -13.4. The zero-order valence-corrected chi connectivity index (χ0v) is 121. The number of rotatable bonds is 47. The van der Waals surface area contributed by atoms with Gasteiger partial charge in [0.25, 0.3) is 0 Å². The van der Waals surface area contributed by atoms with Gasteiger partial charge in [0.15, 0.2) is 49.6 Å². The zero-order valence-electron chi connectivity index (χ0n) is 73.3. The van der Waals surface area contributed by atoms with Gasteiger partial charge in [-0.3, -0.25) is 66.9 Å². The molecule has 0 bridgehead atoms. The molecule has 0 saturated carbocycles. The molecule has 0 aromatic carbocycles. The van der Waals surface area contributed by atoms with Gasteiger partial charge in [0.1, 0.15) is 97.7 Å². The van der Waals surface area contributed by atoms with Crippen LogP contribution < -0.4 is 502 Å². The fourth-order valence-corrected chi connectivity index (χ4v) is 17.7. The molecule has 5 heterocycles. The smallest absolute Gasteiger partial charge is 0.726 e. The Kier molecular flexibility index (Phi) is 95.2. The summed E-state index contributed by atoms with van der Waals surface area (Å²) in [5, 5.41) is 0. The maximum absolute atomic E-state index is 13.1. The number of hydrogen-bond acceptors (Lipinski definition) is 77. The van der Waals surface area contributed by atoms with Crippen LogP contribution in [-0.4, -0.2) is 407 Å². The summed E-state index contributed by atoms with van der Waals surface area (Å²) >= 11 is 0. The average Bonchev–Trinajstić information content (AvgIpc) is 0.745. The van der Waals surface area contributed by atoms with Crippen LogP contribution in [0.3, 0.4) is 0 Å². The number of hydrogen-bond donors (Lipinski definition) is 0. The maximum Gasteiger partial charge on any atom is 1.00 e. The molecule has 5 saturated heterocycles. The van der Waals surface area contributed by atoms with Gasteiger partial charge in [0.05, 0.1) is 33.0 Å². The first-order chi connectivity index (χ1) is 55.0. The van der Waals surface area contributed by atoms with Gasteiger partial charge >= 0.3 is 502 Å². The van der Waals surface area contributed by atoms with Crippen molar-refractivity contribution in [3.8, 4) is 0 Å². The van der Waals surface area contributed by atoms with Gasteiger partial charge in [-0.05, 0) is 0 Å². The molecule has 0 spiro atoms. The van der Waals surface area contributed by atoms with Gasteiger partial charge in [0.2, 0.25) is 183 Å². The van der Waals surface area contributed by atoms with E-state index < -0.39 is 363 Å². The summed E-state index contributed by atoms with van der Waals surface area (Å²) in [5.41, 5.74) is 0. The molecule has 0 radical (unpaired) electrons. The fraction of sp³-hybridized carbons (Fsp3) is 1.00. The SMILES string of the molecule is O=S(=O)([O-])OC[C@H]1O[C@H](O[C@@H]2[C@H](OS(=O)(=O)[O-])[C@@H](O[C@@H]3[C@H](OS(=O)(=O)[O-])[C@@H](O[C@@H]4C(OS(=O)(=O)[O-])O[C@H](COS(=O)(=O)[O-])[C@@H](OS(=O)(=O)[O-])[C@@H]4OS(=O)(=O)[O-])O[C@H](COS(=O)(=O)[O-])[C@H]3OS(=O)(=O)[O-])O[C@H](COS(=O)(=O)[O-])[C@H]2OS(=O)(=O)[O-])[C@@H](OS(=O)(=O)[O-])[C@@H](OC2O[C@H](COS(=O)(=O)[O-])[C@@H](OS(=O)(=O)[O-])[C@H](OS(=O)(=O)[O-])[C@@H]2OS(=O)(=O)[O-])[C@@H]1OS(=O)(=O)[O-].[Na+].[Na+].[Na+].[Na+].[Na+].[Na+].[Na+].[Na+].[Na+].[Na+].[Na+].[Na+].[Na+].[Na+].[Na+].[Na+].[Na+]. The second-order valence-electron chi connectivity index (χ2n) is 22.2. The molecule has 141 heavy (non-hydrogen) atoms. The van der Waals surface area contributed by atoms with E-state index in [1.807, 2.05) is 0 Å². The van der Waals surface area contributed by atoms with E-state index in [9.17, 15) is 220 Å². The minimum Gasteiger partial charge on any atom is -0.726 e. The molecule has 25 atom stereocenters. The maximum atomic E-state index is 13.1. The topological polar surface area (TPSA) is 1210 Å². The molecule has 5 aliphatic rings. The molecular formula is C30H35Na17O77S17.